The maximum absolute atomic E-state index is 13.3. The van der Waals surface area contributed by atoms with Crippen molar-refractivity contribution in [3.8, 4) is 5.75 Å². The maximum Gasteiger partial charge on any atom is 0.262 e. The summed E-state index contributed by atoms with van der Waals surface area (Å²) in [6.07, 6.45) is 0.523. The Kier molecular flexibility index (Phi) is 6.16. The minimum Gasteiger partial charge on any atom is -0.497 e. The number of anilines is 1. The van der Waals surface area contributed by atoms with Crippen LogP contribution in [0.5, 0.6) is 5.75 Å². The molecule has 0 fully saturated rings. The highest BCUT2D eigenvalue weighted by atomic mass is 19.1. The average Bonchev–Trinajstić information content (AvgIpc) is 3.06. The van der Waals surface area contributed by atoms with Crippen LogP contribution in [0.2, 0.25) is 0 Å². The quantitative estimate of drug-likeness (QED) is 0.590. The van der Waals surface area contributed by atoms with Gasteiger partial charge in [-0.15, -0.1) is 0 Å². The SMILES string of the molecule is COc1ccc(C2=NN(c3ccc(F)cc3)C(=O)C2C(C)=NCCCO)cc1. The lowest BCUT2D eigenvalue weighted by Gasteiger charge is -2.15. The summed E-state index contributed by atoms with van der Waals surface area (Å²) in [4.78, 5) is 17.6. The number of aliphatic hydroxyl groups excluding tert-OH is 1. The van der Waals surface area contributed by atoms with Gasteiger partial charge in [0.15, 0.2) is 0 Å². The average molecular weight is 383 g/mol. The molecule has 0 saturated carbocycles. The fourth-order valence-electron chi connectivity index (χ4n) is 3.00. The summed E-state index contributed by atoms with van der Waals surface area (Å²) < 4.78 is 18.5. The Bertz CT molecular complexity index is 892. The van der Waals surface area contributed by atoms with Crippen LogP contribution in [-0.4, -0.2) is 42.7 Å². The number of aliphatic imine (C=N–C) groups is 1. The van der Waals surface area contributed by atoms with Gasteiger partial charge in [-0.25, -0.2) is 4.39 Å². The molecular weight excluding hydrogens is 361 g/mol. The number of methoxy groups -OCH3 is 1. The van der Waals surface area contributed by atoms with E-state index in [1.165, 1.54) is 29.3 Å². The third-order valence-corrected chi connectivity index (χ3v) is 4.49. The van der Waals surface area contributed by atoms with Gasteiger partial charge < -0.3 is 9.84 Å². The summed E-state index contributed by atoms with van der Waals surface area (Å²) >= 11 is 0. The summed E-state index contributed by atoms with van der Waals surface area (Å²) in [6, 6.07) is 12.9. The Morgan fingerprint density at radius 1 is 1.21 bits per heavy atom. The van der Waals surface area contributed by atoms with Crippen molar-refractivity contribution in [1.82, 2.24) is 0 Å². The number of hydrogen-bond acceptors (Lipinski definition) is 5. The Hall–Kier alpha value is -3.06. The van der Waals surface area contributed by atoms with Crippen molar-refractivity contribution in [3.05, 3.63) is 59.9 Å². The summed E-state index contributed by atoms with van der Waals surface area (Å²) in [5.41, 5.74) is 2.46. The standard InChI is InChI=1S/C21H22FN3O3/c1-14(23-12-3-13-26)19-20(15-4-10-18(28-2)11-5-15)24-25(21(19)27)17-8-6-16(22)7-9-17/h4-11,19,26H,3,12-13H2,1-2H3. The normalized spacial score (nSPS) is 17.1. The first-order chi connectivity index (χ1) is 13.5. The van der Waals surface area contributed by atoms with E-state index < -0.39 is 5.92 Å². The Morgan fingerprint density at radius 3 is 2.50 bits per heavy atom. The Balaban J connectivity index is 2.00. The Labute approximate surface area is 163 Å². The van der Waals surface area contributed by atoms with Gasteiger partial charge in [0.05, 0.1) is 18.5 Å². The topological polar surface area (TPSA) is 74.5 Å². The number of rotatable bonds is 7. The second-order valence-corrected chi connectivity index (χ2v) is 6.37. The number of benzene rings is 2. The fraction of sp³-hybridized carbons (Fsp3) is 0.286. The molecule has 1 aliphatic heterocycles. The van der Waals surface area contributed by atoms with Crippen molar-refractivity contribution in [1.29, 1.82) is 0 Å². The zero-order valence-electron chi connectivity index (χ0n) is 15.8. The van der Waals surface area contributed by atoms with E-state index in [4.69, 9.17) is 9.84 Å². The van der Waals surface area contributed by atoms with Crippen molar-refractivity contribution in [3.63, 3.8) is 0 Å². The Morgan fingerprint density at radius 2 is 1.89 bits per heavy atom. The highest BCUT2D eigenvalue weighted by Gasteiger charge is 2.39. The molecular formula is C21H22FN3O3. The van der Waals surface area contributed by atoms with Gasteiger partial charge in [0.1, 0.15) is 17.5 Å². The van der Waals surface area contributed by atoms with Crippen LogP contribution in [0.25, 0.3) is 0 Å². The van der Waals surface area contributed by atoms with Crippen molar-refractivity contribution in [2.24, 2.45) is 16.0 Å². The molecule has 2 aromatic rings. The third kappa shape index (κ3) is 4.09. The molecule has 0 radical (unpaired) electrons. The molecule has 28 heavy (non-hydrogen) atoms. The van der Waals surface area contributed by atoms with Crippen LogP contribution in [0.1, 0.15) is 18.9 Å². The van der Waals surface area contributed by atoms with Crippen LogP contribution < -0.4 is 9.75 Å². The number of halogens is 1. The van der Waals surface area contributed by atoms with Crippen molar-refractivity contribution in [2.75, 3.05) is 25.3 Å². The molecule has 1 unspecified atom stereocenters. The smallest absolute Gasteiger partial charge is 0.262 e. The highest BCUT2D eigenvalue weighted by Crippen LogP contribution is 2.28. The first kappa shape index (κ1) is 19.7. The minimum atomic E-state index is -0.642. The van der Waals surface area contributed by atoms with Crippen molar-refractivity contribution >= 4 is 23.0 Å². The van der Waals surface area contributed by atoms with Gasteiger partial charge in [-0.2, -0.15) is 10.1 Å². The number of nitrogens with zero attached hydrogens (tertiary/aromatic N) is 3. The summed E-state index contributed by atoms with van der Waals surface area (Å²) in [5, 5.41) is 14.8. The van der Waals surface area contributed by atoms with E-state index in [1.54, 1.807) is 26.2 Å². The first-order valence-electron chi connectivity index (χ1n) is 8.99. The second-order valence-electron chi connectivity index (χ2n) is 6.37. The van der Waals surface area contributed by atoms with Crippen LogP contribution in [0, 0.1) is 11.7 Å². The molecule has 0 bridgehead atoms. The number of hydrogen-bond donors (Lipinski definition) is 1. The predicted octanol–water partition coefficient (Wildman–Crippen LogP) is 3.04. The number of carbonyl (C=O) groups is 1. The zero-order chi connectivity index (χ0) is 20.1. The van der Waals surface area contributed by atoms with E-state index in [-0.39, 0.29) is 18.3 Å². The van der Waals surface area contributed by atoms with Gasteiger partial charge >= 0.3 is 0 Å². The molecule has 1 heterocycles. The zero-order valence-corrected chi connectivity index (χ0v) is 15.8. The molecule has 3 rings (SSSR count). The van der Waals surface area contributed by atoms with Gasteiger partial charge in [0.2, 0.25) is 0 Å². The molecule has 6 nitrogen and oxygen atoms in total. The van der Waals surface area contributed by atoms with Gasteiger partial charge in [-0.3, -0.25) is 9.79 Å². The number of ether oxygens (including phenoxy) is 1. The van der Waals surface area contributed by atoms with Crippen molar-refractivity contribution in [2.45, 2.75) is 13.3 Å². The van der Waals surface area contributed by atoms with E-state index >= 15 is 0 Å². The van der Waals surface area contributed by atoms with Crippen LogP contribution in [0.15, 0.2) is 58.6 Å². The number of carbonyl (C=O) groups excluding carboxylic acids is 1. The minimum absolute atomic E-state index is 0.0382. The van der Waals surface area contributed by atoms with Crippen LogP contribution >= 0.6 is 0 Å². The van der Waals surface area contributed by atoms with E-state index in [1.807, 2.05) is 12.1 Å². The molecule has 1 atom stereocenters. The van der Waals surface area contributed by atoms with E-state index in [9.17, 15) is 9.18 Å². The molecule has 7 heteroatoms. The first-order valence-corrected chi connectivity index (χ1v) is 8.99. The predicted molar refractivity (Wildman–Crippen MR) is 107 cm³/mol. The number of aliphatic hydroxyl groups is 1. The lowest BCUT2D eigenvalue weighted by atomic mass is 9.93. The van der Waals surface area contributed by atoms with Gasteiger partial charge in [-0.05, 0) is 67.4 Å². The van der Waals surface area contributed by atoms with Crippen LogP contribution in [0.4, 0.5) is 10.1 Å². The maximum atomic E-state index is 13.3. The molecule has 0 aromatic heterocycles. The highest BCUT2D eigenvalue weighted by molar-refractivity contribution is 6.32. The molecule has 1 amide bonds. The lowest BCUT2D eigenvalue weighted by molar-refractivity contribution is -0.118. The molecule has 0 saturated heterocycles. The monoisotopic (exact) mass is 383 g/mol. The summed E-state index contributed by atoms with van der Waals surface area (Å²) in [5.74, 6) is -0.568. The summed E-state index contributed by atoms with van der Waals surface area (Å²) in [6.45, 7) is 2.25. The summed E-state index contributed by atoms with van der Waals surface area (Å²) in [7, 11) is 1.59. The largest absolute Gasteiger partial charge is 0.497 e. The van der Waals surface area contributed by atoms with Gasteiger partial charge in [0.25, 0.3) is 5.91 Å². The van der Waals surface area contributed by atoms with Crippen LogP contribution in [0.3, 0.4) is 0 Å². The van der Waals surface area contributed by atoms with Gasteiger partial charge in [-0.1, -0.05) is 0 Å². The van der Waals surface area contributed by atoms with Gasteiger partial charge in [0, 0.05) is 18.9 Å². The van der Waals surface area contributed by atoms with E-state index in [0.29, 0.717) is 35.8 Å². The second kappa shape index (κ2) is 8.75. The number of hydrazone groups is 1. The number of amides is 1. The molecule has 1 N–H and O–H groups in total. The van der Waals surface area contributed by atoms with Crippen molar-refractivity contribution < 1.29 is 19.0 Å². The molecule has 146 valence electrons. The molecule has 1 aliphatic rings. The van der Waals surface area contributed by atoms with E-state index in [2.05, 4.69) is 10.1 Å². The molecule has 2 aromatic carbocycles. The lowest BCUT2D eigenvalue weighted by Crippen LogP contribution is -2.32. The fourth-order valence-corrected chi connectivity index (χ4v) is 3.00. The third-order valence-electron chi connectivity index (χ3n) is 4.49. The molecule has 0 spiro atoms. The van der Waals surface area contributed by atoms with E-state index in [0.717, 1.165) is 5.56 Å². The molecule has 0 aliphatic carbocycles. The van der Waals surface area contributed by atoms with Crippen LogP contribution in [-0.2, 0) is 4.79 Å².